The van der Waals surface area contributed by atoms with Gasteiger partial charge in [0.25, 0.3) is 0 Å². The average Bonchev–Trinajstić information content (AvgIpc) is 2.27. The number of halogens is 1. The van der Waals surface area contributed by atoms with E-state index in [4.69, 9.17) is 11.6 Å². The van der Waals surface area contributed by atoms with Crippen LogP contribution in [-0.4, -0.2) is 9.78 Å². The van der Waals surface area contributed by atoms with E-state index >= 15 is 0 Å². The molecule has 0 unspecified atom stereocenters. The van der Waals surface area contributed by atoms with Crippen molar-refractivity contribution in [2.75, 3.05) is 0 Å². The number of hydrogen-bond acceptors (Lipinski definition) is 1. The van der Waals surface area contributed by atoms with Gasteiger partial charge in [0.05, 0.1) is 16.2 Å². The van der Waals surface area contributed by atoms with Crippen LogP contribution < -0.4 is 0 Å². The zero-order valence-corrected chi connectivity index (χ0v) is 8.68. The second-order valence-electron chi connectivity index (χ2n) is 3.35. The molecular formula is C10H11ClN2. The molecule has 0 amide bonds. The first-order valence-corrected chi connectivity index (χ1v) is 4.57. The van der Waals surface area contributed by atoms with Gasteiger partial charge in [0, 0.05) is 12.4 Å². The number of nitrogens with zero attached hydrogens (tertiary/aromatic N) is 2. The van der Waals surface area contributed by atoms with E-state index in [1.165, 1.54) is 5.56 Å². The van der Waals surface area contributed by atoms with Gasteiger partial charge in [-0.25, -0.2) is 0 Å². The monoisotopic (exact) mass is 194 g/mol. The van der Waals surface area contributed by atoms with Crippen molar-refractivity contribution >= 4 is 22.5 Å². The summed E-state index contributed by atoms with van der Waals surface area (Å²) in [6.45, 7) is 4.04. The average molecular weight is 195 g/mol. The Morgan fingerprint density at radius 3 is 2.69 bits per heavy atom. The number of rotatable bonds is 0. The van der Waals surface area contributed by atoms with E-state index in [-0.39, 0.29) is 0 Å². The van der Waals surface area contributed by atoms with Crippen LogP contribution in [0.25, 0.3) is 10.9 Å². The number of fused-ring (bicyclic) bond motifs is 1. The molecule has 2 aromatic rings. The predicted molar refractivity (Wildman–Crippen MR) is 55.2 cm³/mol. The minimum absolute atomic E-state index is 0.776. The number of benzene rings is 1. The van der Waals surface area contributed by atoms with Gasteiger partial charge in [0.1, 0.15) is 0 Å². The summed E-state index contributed by atoms with van der Waals surface area (Å²) >= 11 is 6.12. The molecule has 0 aliphatic heterocycles. The van der Waals surface area contributed by atoms with Crippen molar-refractivity contribution < 1.29 is 0 Å². The molecule has 13 heavy (non-hydrogen) atoms. The molecule has 0 aliphatic rings. The van der Waals surface area contributed by atoms with Crippen molar-refractivity contribution in [3.05, 3.63) is 28.4 Å². The second kappa shape index (κ2) is 2.74. The van der Waals surface area contributed by atoms with Gasteiger partial charge >= 0.3 is 0 Å². The summed E-state index contributed by atoms with van der Waals surface area (Å²) in [6, 6.07) is 4.08. The quantitative estimate of drug-likeness (QED) is 0.631. The fourth-order valence-electron chi connectivity index (χ4n) is 1.67. The number of aromatic nitrogens is 2. The third kappa shape index (κ3) is 1.22. The Kier molecular flexibility index (Phi) is 1.81. The molecule has 68 valence electrons. The highest BCUT2D eigenvalue weighted by Gasteiger charge is 2.08. The van der Waals surface area contributed by atoms with Gasteiger partial charge in [-0.2, -0.15) is 5.10 Å². The summed E-state index contributed by atoms with van der Waals surface area (Å²) < 4.78 is 1.83. The molecule has 0 saturated heterocycles. The van der Waals surface area contributed by atoms with Crippen LogP contribution in [0.15, 0.2) is 12.1 Å². The van der Waals surface area contributed by atoms with Crippen LogP contribution in [0.2, 0.25) is 5.02 Å². The van der Waals surface area contributed by atoms with E-state index in [1.807, 2.05) is 31.6 Å². The van der Waals surface area contributed by atoms with Crippen molar-refractivity contribution in [2.24, 2.45) is 7.05 Å². The summed E-state index contributed by atoms with van der Waals surface area (Å²) in [6.07, 6.45) is 0. The molecule has 0 radical (unpaired) electrons. The fraction of sp³-hybridized carbons (Fsp3) is 0.300. The molecule has 0 spiro atoms. The van der Waals surface area contributed by atoms with E-state index in [2.05, 4.69) is 11.2 Å². The van der Waals surface area contributed by atoms with Crippen LogP contribution in [0.3, 0.4) is 0 Å². The summed E-state index contributed by atoms with van der Waals surface area (Å²) in [5, 5.41) is 6.25. The Balaban J connectivity index is 2.97. The maximum absolute atomic E-state index is 6.12. The highest BCUT2D eigenvalue weighted by molar-refractivity contribution is 6.35. The van der Waals surface area contributed by atoms with E-state index in [0.29, 0.717) is 0 Å². The zero-order valence-electron chi connectivity index (χ0n) is 7.93. The van der Waals surface area contributed by atoms with Crippen molar-refractivity contribution in [3.63, 3.8) is 0 Å². The fourth-order valence-corrected chi connectivity index (χ4v) is 2.06. The van der Waals surface area contributed by atoms with Crippen LogP contribution in [-0.2, 0) is 7.05 Å². The van der Waals surface area contributed by atoms with Crippen LogP contribution in [0.5, 0.6) is 0 Å². The van der Waals surface area contributed by atoms with Gasteiger partial charge < -0.3 is 0 Å². The minimum atomic E-state index is 0.776. The van der Waals surface area contributed by atoms with Gasteiger partial charge in [-0.1, -0.05) is 11.6 Å². The molecule has 0 bridgehead atoms. The molecular weight excluding hydrogens is 184 g/mol. The first-order valence-electron chi connectivity index (χ1n) is 4.19. The van der Waals surface area contributed by atoms with Crippen LogP contribution >= 0.6 is 11.6 Å². The summed E-state index contributed by atoms with van der Waals surface area (Å²) in [4.78, 5) is 0. The van der Waals surface area contributed by atoms with Crippen LogP contribution in [0.4, 0.5) is 0 Å². The third-order valence-corrected chi connectivity index (χ3v) is 2.51. The first-order chi connectivity index (χ1) is 6.09. The molecule has 3 heteroatoms. The molecule has 1 aromatic heterocycles. The lowest BCUT2D eigenvalue weighted by molar-refractivity contribution is 0.783. The molecule has 2 nitrogen and oxygen atoms in total. The second-order valence-corrected chi connectivity index (χ2v) is 3.76. The molecule has 0 N–H and O–H groups in total. The normalized spacial score (nSPS) is 11.1. The first kappa shape index (κ1) is 8.57. The van der Waals surface area contributed by atoms with Crippen molar-refractivity contribution in [1.29, 1.82) is 0 Å². The maximum atomic E-state index is 6.12. The van der Waals surface area contributed by atoms with Gasteiger partial charge in [0.2, 0.25) is 0 Å². The van der Waals surface area contributed by atoms with Crippen molar-refractivity contribution in [1.82, 2.24) is 9.78 Å². The third-order valence-electron chi connectivity index (χ3n) is 2.22. The van der Waals surface area contributed by atoms with Crippen LogP contribution in [0.1, 0.15) is 11.3 Å². The predicted octanol–water partition coefficient (Wildman–Crippen LogP) is 2.84. The van der Waals surface area contributed by atoms with Gasteiger partial charge in [0.15, 0.2) is 0 Å². The molecule has 1 aromatic carbocycles. The SMILES string of the molecule is Cc1cc(Cl)c2c(c1)c(C)nn2C. The molecule has 0 aliphatic carbocycles. The Bertz CT molecular complexity index is 471. The lowest BCUT2D eigenvalue weighted by Crippen LogP contribution is -1.90. The van der Waals surface area contributed by atoms with Gasteiger partial charge in [-0.3, -0.25) is 4.68 Å². The minimum Gasteiger partial charge on any atom is -0.266 e. The Morgan fingerprint density at radius 1 is 1.31 bits per heavy atom. The Labute approximate surface area is 82.1 Å². The highest BCUT2D eigenvalue weighted by atomic mass is 35.5. The highest BCUT2D eigenvalue weighted by Crippen LogP contribution is 2.26. The Morgan fingerprint density at radius 2 is 2.00 bits per heavy atom. The summed E-state index contributed by atoms with van der Waals surface area (Å²) in [7, 11) is 1.91. The lowest BCUT2D eigenvalue weighted by atomic mass is 10.1. The molecule has 0 fully saturated rings. The number of hydrogen-bond donors (Lipinski definition) is 0. The van der Waals surface area contributed by atoms with E-state index in [1.54, 1.807) is 0 Å². The summed E-state index contributed by atoms with van der Waals surface area (Å²) in [5.41, 5.74) is 3.22. The molecule has 0 atom stereocenters. The topological polar surface area (TPSA) is 17.8 Å². The van der Waals surface area contributed by atoms with Crippen molar-refractivity contribution in [3.8, 4) is 0 Å². The van der Waals surface area contributed by atoms with Crippen LogP contribution in [0, 0.1) is 13.8 Å². The lowest BCUT2D eigenvalue weighted by Gasteiger charge is -1.99. The smallest absolute Gasteiger partial charge is 0.0868 e. The largest absolute Gasteiger partial charge is 0.266 e. The van der Waals surface area contributed by atoms with Crippen molar-refractivity contribution in [2.45, 2.75) is 13.8 Å². The molecule has 2 rings (SSSR count). The summed E-state index contributed by atoms with van der Waals surface area (Å²) in [5.74, 6) is 0. The van der Waals surface area contributed by atoms with E-state index in [9.17, 15) is 0 Å². The maximum Gasteiger partial charge on any atom is 0.0868 e. The van der Waals surface area contributed by atoms with Gasteiger partial charge in [-0.05, 0) is 31.5 Å². The molecule has 0 saturated carbocycles. The van der Waals surface area contributed by atoms with E-state index < -0.39 is 0 Å². The van der Waals surface area contributed by atoms with E-state index in [0.717, 1.165) is 21.6 Å². The molecule has 1 heterocycles. The Hall–Kier alpha value is -1.02. The van der Waals surface area contributed by atoms with Gasteiger partial charge in [-0.15, -0.1) is 0 Å². The standard InChI is InChI=1S/C10H11ClN2/c1-6-4-8-7(2)12-13(3)10(8)9(11)5-6/h4-5H,1-3H3. The zero-order chi connectivity index (χ0) is 9.59. The number of aryl methyl sites for hydroxylation is 3.